The Hall–Kier alpha value is -2.61. The van der Waals surface area contributed by atoms with E-state index in [9.17, 15) is 18.0 Å². The Morgan fingerprint density at radius 3 is 2.62 bits per heavy atom. The van der Waals surface area contributed by atoms with Gasteiger partial charge in [-0.3, -0.25) is 9.78 Å². The highest BCUT2D eigenvalue weighted by Crippen LogP contribution is 2.35. The van der Waals surface area contributed by atoms with Crippen molar-refractivity contribution in [3.05, 3.63) is 58.0 Å². The Bertz CT molecular complexity index is 955. The summed E-state index contributed by atoms with van der Waals surface area (Å²) in [6, 6.07) is 1.16. The van der Waals surface area contributed by atoms with E-state index in [2.05, 4.69) is 10.3 Å². The maximum absolute atomic E-state index is 13.6. The molecule has 0 spiro atoms. The average Bonchev–Trinajstić information content (AvgIpc) is 2.88. The Kier molecular flexibility index (Phi) is 4.15. The number of amides is 1. The third-order valence-electron chi connectivity index (χ3n) is 3.56. The second-order valence-corrected chi connectivity index (χ2v) is 6.27. The molecule has 0 saturated heterocycles. The number of nitrogens with two attached hydrogens (primary N) is 1. The van der Waals surface area contributed by atoms with Crippen molar-refractivity contribution < 1.29 is 18.0 Å². The maximum Gasteiger partial charge on any atom is 0.263 e. The standard InChI is InChI=1S/C16H12F3N3OS/c1-7-4-21-6-12-13(7)14(20)15(24-12)16(23)22-5-8-2-10(18)11(19)3-9(8)17/h2-4,6H,5,20H2,1H3,(H,22,23). The summed E-state index contributed by atoms with van der Waals surface area (Å²) in [5.41, 5.74) is 7.03. The molecule has 0 aliphatic heterocycles. The average molecular weight is 351 g/mol. The highest BCUT2D eigenvalue weighted by Gasteiger charge is 2.18. The maximum atomic E-state index is 13.6. The molecule has 2 aromatic heterocycles. The highest BCUT2D eigenvalue weighted by atomic mass is 32.1. The van der Waals surface area contributed by atoms with Crippen molar-refractivity contribution in [3.63, 3.8) is 0 Å². The van der Waals surface area contributed by atoms with Gasteiger partial charge in [-0.05, 0) is 18.6 Å². The molecule has 24 heavy (non-hydrogen) atoms. The van der Waals surface area contributed by atoms with Gasteiger partial charge in [0.15, 0.2) is 11.6 Å². The fourth-order valence-electron chi connectivity index (χ4n) is 2.36. The zero-order valence-electron chi connectivity index (χ0n) is 12.5. The van der Waals surface area contributed by atoms with Gasteiger partial charge in [0, 0.05) is 36.0 Å². The van der Waals surface area contributed by atoms with Gasteiger partial charge in [0.1, 0.15) is 10.7 Å². The molecule has 3 rings (SSSR count). The summed E-state index contributed by atoms with van der Waals surface area (Å²) in [6.07, 6.45) is 3.25. The molecule has 0 aliphatic rings. The first kappa shape index (κ1) is 16.3. The van der Waals surface area contributed by atoms with Crippen LogP contribution in [0.2, 0.25) is 0 Å². The first-order valence-corrected chi connectivity index (χ1v) is 7.74. The smallest absolute Gasteiger partial charge is 0.263 e. The van der Waals surface area contributed by atoms with Crippen LogP contribution < -0.4 is 11.1 Å². The number of rotatable bonds is 3. The number of hydrogen-bond donors (Lipinski definition) is 2. The first-order chi connectivity index (χ1) is 11.4. The molecule has 0 radical (unpaired) electrons. The number of hydrogen-bond acceptors (Lipinski definition) is 4. The molecule has 3 N–H and O–H groups in total. The number of fused-ring (bicyclic) bond motifs is 1. The van der Waals surface area contributed by atoms with Crippen molar-refractivity contribution in [2.24, 2.45) is 0 Å². The summed E-state index contributed by atoms with van der Waals surface area (Å²) in [5, 5.41) is 3.22. The zero-order valence-corrected chi connectivity index (χ0v) is 13.3. The molecule has 2 heterocycles. The van der Waals surface area contributed by atoms with Crippen LogP contribution in [-0.2, 0) is 6.54 Å². The molecule has 8 heteroatoms. The van der Waals surface area contributed by atoms with Gasteiger partial charge in [0.25, 0.3) is 5.91 Å². The van der Waals surface area contributed by atoms with E-state index in [1.165, 1.54) is 0 Å². The molecule has 4 nitrogen and oxygen atoms in total. The van der Waals surface area contributed by atoms with Crippen LogP contribution in [0.15, 0.2) is 24.5 Å². The van der Waals surface area contributed by atoms with Gasteiger partial charge in [0.05, 0.1) is 10.4 Å². The number of carbonyl (C=O) groups is 1. The van der Waals surface area contributed by atoms with Crippen LogP contribution in [0.25, 0.3) is 10.1 Å². The Labute approximate surface area is 139 Å². The molecule has 0 fully saturated rings. The lowest BCUT2D eigenvalue weighted by atomic mass is 10.1. The van der Waals surface area contributed by atoms with Gasteiger partial charge in [-0.2, -0.15) is 0 Å². The summed E-state index contributed by atoms with van der Waals surface area (Å²) in [7, 11) is 0. The minimum atomic E-state index is -1.28. The third-order valence-corrected chi connectivity index (χ3v) is 4.70. The predicted molar refractivity (Wildman–Crippen MR) is 86.3 cm³/mol. The van der Waals surface area contributed by atoms with E-state index in [4.69, 9.17) is 5.73 Å². The second-order valence-electron chi connectivity index (χ2n) is 5.21. The molecule has 0 unspecified atom stereocenters. The Morgan fingerprint density at radius 2 is 1.92 bits per heavy atom. The van der Waals surface area contributed by atoms with Gasteiger partial charge >= 0.3 is 0 Å². The van der Waals surface area contributed by atoms with Crippen LogP contribution in [0.5, 0.6) is 0 Å². The van der Waals surface area contributed by atoms with E-state index in [1.54, 1.807) is 12.4 Å². The van der Waals surface area contributed by atoms with Crippen LogP contribution in [0, 0.1) is 24.4 Å². The van der Waals surface area contributed by atoms with Crippen LogP contribution in [0.1, 0.15) is 20.8 Å². The molecule has 1 aromatic carbocycles. The normalized spacial score (nSPS) is 11.0. The fraction of sp³-hybridized carbons (Fsp3) is 0.125. The van der Waals surface area contributed by atoms with E-state index < -0.39 is 23.4 Å². The number of halogens is 3. The summed E-state index contributed by atoms with van der Waals surface area (Å²) >= 11 is 1.16. The first-order valence-electron chi connectivity index (χ1n) is 6.92. The number of anilines is 1. The van der Waals surface area contributed by atoms with Gasteiger partial charge in [-0.25, -0.2) is 13.2 Å². The summed E-state index contributed by atoms with van der Waals surface area (Å²) in [5.74, 6) is -3.90. The SMILES string of the molecule is Cc1cncc2sc(C(=O)NCc3cc(F)c(F)cc3F)c(N)c12. The van der Waals surface area contributed by atoms with Crippen LogP contribution in [0.4, 0.5) is 18.9 Å². The van der Waals surface area contributed by atoms with Crippen molar-refractivity contribution in [1.29, 1.82) is 0 Å². The molecule has 124 valence electrons. The minimum absolute atomic E-state index is 0.153. The number of nitrogens with zero attached hydrogens (tertiary/aromatic N) is 1. The van der Waals surface area contributed by atoms with E-state index in [0.717, 1.165) is 27.0 Å². The number of nitrogens with one attached hydrogen (secondary N) is 1. The molecular formula is C16H12F3N3OS. The molecular weight excluding hydrogens is 339 g/mol. The lowest BCUT2D eigenvalue weighted by Gasteiger charge is -2.06. The summed E-state index contributed by atoms with van der Waals surface area (Å²) in [4.78, 5) is 16.6. The number of nitrogen functional groups attached to an aromatic ring is 1. The molecule has 1 amide bonds. The quantitative estimate of drug-likeness (QED) is 0.709. The van der Waals surface area contributed by atoms with Crippen molar-refractivity contribution in [3.8, 4) is 0 Å². The second kappa shape index (κ2) is 6.12. The molecule has 0 bridgehead atoms. The zero-order chi connectivity index (χ0) is 17.4. The Balaban J connectivity index is 1.85. The number of pyridine rings is 1. The van der Waals surface area contributed by atoms with E-state index >= 15 is 0 Å². The summed E-state index contributed by atoms with van der Waals surface area (Å²) < 4.78 is 40.4. The van der Waals surface area contributed by atoms with Crippen molar-refractivity contribution >= 4 is 33.0 Å². The molecule has 3 aromatic rings. The number of aryl methyl sites for hydroxylation is 1. The molecule has 0 aliphatic carbocycles. The van der Waals surface area contributed by atoms with Crippen LogP contribution in [-0.4, -0.2) is 10.9 Å². The minimum Gasteiger partial charge on any atom is -0.397 e. The molecule has 0 atom stereocenters. The largest absolute Gasteiger partial charge is 0.397 e. The van der Waals surface area contributed by atoms with Gasteiger partial charge in [0.2, 0.25) is 0 Å². The van der Waals surface area contributed by atoms with Gasteiger partial charge < -0.3 is 11.1 Å². The number of carbonyl (C=O) groups excluding carboxylic acids is 1. The number of aromatic nitrogens is 1. The van der Waals surface area contributed by atoms with Crippen molar-refractivity contribution in [1.82, 2.24) is 10.3 Å². The lowest BCUT2D eigenvalue weighted by molar-refractivity contribution is 0.0955. The van der Waals surface area contributed by atoms with Crippen LogP contribution >= 0.6 is 11.3 Å². The number of benzene rings is 1. The van der Waals surface area contributed by atoms with E-state index in [-0.39, 0.29) is 17.0 Å². The monoisotopic (exact) mass is 351 g/mol. The van der Waals surface area contributed by atoms with E-state index in [1.807, 2.05) is 6.92 Å². The predicted octanol–water partition coefficient (Wildman–Crippen LogP) is 3.53. The summed E-state index contributed by atoms with van der Waals surface area (Å²) in [6.45, 7) is 1.55. The highest BCUT2D eigenvalue weighted by molar-refractivity contribution is 7.21. The lowest BCUT2D eigenvalue weighted by Crippen LogP contribution is -2.23. The topological polar surface area (TPSA) is 68.0 Å². The van der Waals surface area contributed by atoms with Gasteiger partial charge in [-0.1, -0.05) is 0 Å². The third kappa shape index (κ3) is 2.80. The van der Waals surface area contributed by atoms with Crippen molar-refractivity contribution in [2.45, 2.75) is 13.5 Å². The van der Waals surface area contributed by atoms with Crippen LogP contribution in [0.3, 0.4) is 0 Å². The van der Waals surface area contributed by atoms with E-state index in [0.29, 0.717) is 17.8 Å². The fourth-order valence-corrected chi connectivity index (χ4v) is 3.45. The number of thiophene rings is 1. The van der Waals surface area contributed by atoms with Crippen molar-refractivity contribution in [2.75, 3.05) is 5.73 Å². The van der Waals surface area contributed by atoms with Gasteiger partial charge in [-0.15, -0.1) is 11.3 Å². The Morgan fingerprint density at radius 1 is 1.21 bits per heavy atom. The molecule has 0 saturated carbocycles.